The third kappa shape index (κ3) is 7.62. The van der Waals surface area contributed by atoms with E-state index >= 15 is 0 Å². The average molecular weight is 495 g/mol. The first-order chi connectivity index (χ1) is 17.7. The highest BCUT2D eigenvalue weighted by Crippen LogP contribution is 2.50. The molecular weight excluding hydrogens is 444 g/mol. The summed E-state index contributed by atoms with van der Waals surface area (Å²) in [5.74, 6) is 5.61. The molecule has 1 aromatic carbocycles. The molecule has 3 aliphatic rings. The summed E-state index contributed by atoms with van der Waals surface area (Å²) in [6.07, 6.45) is 24.3. The van der Waals surface area contributed by atoms with Gasteiger partial charge in [-0.2, -0.15) is 0 Å². The van der Waals surface area contributed by atoms with Gasteiger partial charge in [0.15, 0.2) is 0 Å². The molecule has 0 spiro atoms. The summed E-state index contributed by atoms with van der Waals surface area (Å²) in [6.45, 7) is 4.84. The average Bonchev–Trinajstić information content (AvgIpc) is 2.92. The summed E-state index contributed by atoms with van der Waals surface area (Å²) in [7, 11) is 0. The van der Waals surface area contributed by atoms with Crippen LogP contribution >= 0.6 is 0 Å². The molecule has 4 unspecified atom stereocenters. The zero-order valence-corrected chi connectivity index (χ0v) is 23.0. The second kappa shape index (κ2) is 14.2. The second-order valence-electron chi connectivity index (χ2n) is 11.9. The van der Waals surface area contributed by atoms with Gasteiger partial charge < -0.3 is 9.47 Å². The maximum atomic E-state index is 13.2. The van der Waals surface area contributed by atoms with Crippen LogP contribution in [0.15, 0.2) is 36.4 Å². The summed E-state index contributed by atoms with van der Waals surface area (Å²) < 4.78 is 11.5. The van der Waals surface area contributed by atoms with Crippen molar-refractivity contribution in [3.8, 4) is 11.5 Å². The van der Waals surface area contributed by atoms with Crippen molar-refractivity contribution in [3.63, 3.8) is 0 Å². The first kappa shape index (κ1) is 27.3. The van der Waals surface area contributed by atoms with Crippen molar-refractivity contribution in [1.29, 1.82) is 0 Å². The molecule has 1 aromatic rings. The van der Waals surface area contributed by atoms with Crippen LogP contribution in [0.25, 0.3) is 0 Å². The van der Waals surface area contributed by atoms with Crippen LogP contribution < -0.4 is 9.47 Å². The zero-order valence-electron chi connectivity index (χ0n) is 23.0. The highest BCUT2D eigenvalue weighted by molar-refractivity contribution is 5.75. The van der Waals surface area contributed by atoms with Crippen molar-refractivity contribution in [2.45, 2.75) is 110 Å². The predicted octanol–water partition coefficient (Wildman–Crippen LogP) is 9.16. The van der Waals surface area contributed by atoms with E-state index in [2.05, 4.69) is 6.92 Å². The molecule has 0 heterocycles. The van der Waals surface area contributed by atoms with Gasteiger partial charge >= 0.3 is 5.97 Å². The maximum absolute atomic E-state index is 13.2. The number of rotatable bonds is 11. The van der Waals surface area contributed by atoms with Gasteiger partial charge in [-0.15, -0.1) is 0 Å². The van der Waals surface area contributed by atoms with Gasteiger partial charge in [0, 0.05) is 0 Å². The Balaban J connectivity index is 1.23. The molecule has 0 amide bonds. The van der Waals surface area contributed by atoms with Crippen LogP contribution in [0.2, 0.25) is 0 Å². The molecule has 0 N–H and O–H groups in total. The Hall–Kier alpha value is -1.77. The van der Waals surface area contributed by atoms with Crippen molar-refractivity contribution < 1.29 is 14.3 Å². The highest BCUT2D eigenvalue weighted by Gasteiger charge is 2.43. The van der Waals surface area contributed by atoms with E-state index < -0.39 is 0 Å². The van der Waals surface area contributed by atoms with Crippen LogP contribution in [-0.4, -0.2) is 12.6 Å². The molecule has 0 bridgehead atoms. The fraction of sp³-hybridized carbons (Fsp3) is 0.727. The van der Waals surface area contributed by atoms with Gasteiger partial charge in [0.05, 0.1) is 5.92 Å². The van der Waals surface area contributed by atoms with Gasteiger partial charge in [-0.3, -0.25) is 4.79 Å². The molecule has 3 aliphatic carbocycles. The van der Waals surface area contributed by atoms with Crippen molar-refractivity contribution >= 4 is 5.97 Å². The smallest absolute Gasteiger partial charge is 0.314 e. The molecule has 0 aliphatic heterocycles. The van der Waals surface area contributed by atoms with E-state index in [1.54, 1.807) is 0 Å². The number of ether oxygens (including phenoxy) is 2. The zero-order chi connectivity index (χ0) is 25.2. The summed E-state index contributed by atoms with van der Waals surface area (Å²) in [5, 5.41) is 0. The second-order valence-corrected chi connectivity index (χ2v) is 11.9. The van der Waals surface area contributed by atoms with Crippen LogP contribution in [-0.2, 0) is 4.79 Å². The Morgan fingerprint density at radius 3 is 2.36 bits per heavy atom. The van der Waals surface area contributed by atoms with Crippen LogP contribution in [0.5, 0.6) is 11.5 Å². The van der Waals surface area contributed by atoms with E-state index in [1.165, 1.54) is 89.9 Å². The normalized spacial score (nSPS) is 30.6. The number of carbonyl (C=O) groups is 1. The fourth-order valence-corrected chi connectivity index (χ4v) is 7.56. The van der Waals surface area contributed by atoms with Crippen molar-refractivity contribution in [3.05, 3.63) is 36.4 Å². The topological polar surface area (TPSA) is 35.5 Å². The van der Waals surface area contributed by atoms with Crippen LogP contribution in [0.4, 0.5) is 0 Å². The molecule has 3 nitrogen and oxygen atoms in total. The van der Waals surface area contributed by atoms with Crippen LogP contribution in [0, 0.1) is 35.5 Å². The van der Waals surface area contributed by atoms with Crippen LogP contribution in [0.1, 0.15) is 110 Å². The summed E-state index contributed by atoms with van der Waals surface area (Å²) in [6, 6.07) is 7.50. The minimum atomic E-state index is -0.00526. The Morgan fingerprint density at radius 2 is 1.61 bits per heavy atom. The number of hydrogen-bond acceptors (Lipinski definition) is 3. The molecule has 0 saturated heterocycles. The SMILES string of the molecule is C/C=C/COc1ccc(OC(=O)C2CCCC3CC(C4CCC(CCCCCC)CC4)CCC32)cc1. The summed E-state index contributed by atoms with van der Waals surface area (Å²) in [5.41, 5.74) is 0. The largest absolute Gasteiger partial charge is 0.490 e. The number of hydrogen-bond donors (Lipinski definition) is 0. The van der Waals surface area contributed by atoms with Gasteiger partial charge in [-0.1, -0.05) is 76.9 Å². The van der Waals surface area contributed by atoms with E-state index in [0.29, 0.717) is 18.3 Å². The van der Waals surface area contributed by atoms with E-state index in [1.807, 2.05) is 43.3 Å². The predicted molar refractivity (Wildman–Crippen MR) is 148 cm³/mol. The lowest BCUT2D eigenvalue weighted by molar-refractivity contribution is -0.144. The van der Waals surface area contributed by atoms with Gasteiger partial charge in [0.1, 0.15) is 18.1 Å². The van der Waals surface area contributed by atoms with Crippen LogP contribution in [0.3, 0.4) is 0 Å². The number of unbranched alkanes of at least 4 members (excludes halogenated alkanes) is 3. The summed E-state index contributed by atoms with van der Waals surface area (Å²) >= 11 is 0. The Morgan fingerprint density at radius 1 is 0.861 bits per heavy atom. The lowest BCUT2D eigenvalue weighted by Gasteiger charge is -2.46. The third-order valence-corrected chi connectivity index (χ3v) is 9.64. The Labute approximate surface area is 220 Å². The standard InChI is InChI=1S/C33H50O3/c1-3-5-7-8-10-25-13-15-26(16-14-25)27-17-22-31-28(24-27)11-9-12-32(31)33(34)36-30-20-18-29(19-21-30)35-23-6-4-2/h4,6,18-21,25-28,31-32H,3,5,7-17,22-24H2,1-2H3/b6-4+. The molecule has 0 aromatic heterocycles. The maximum Gasteiger partial charge on any atom is 0.314 e. The monoisotopic (exact) mass is 494 g/mol. The number of fused-ring (bicyclic) bond motifs is 1. The Bertz CT molecular complexity index is 805. The molecule has 3 heteroatoms. The van der Waals surface area contributed by atoms with E-state index in [-0.39, 0.29) is 11.9 Å². The number of allylic oxidation sites excluding steroid dienone is 1. The molecule has 36 heavy (non-hydrogen) atoms. The van der Waals surface area contributed by atoms with Crippen molar-refractivity contribution in [2.24, 2.45) is 35.5 Å². The number of esters is 1. The molecule has 4 rings (SSSR count). The minimum Gasteiger partial charge on any atom is -0.490 e. The molecule has 4 atom stereocenters. The summed E-state index contributed by atoms with van der Waals surface area (Å²) in [4.78, 5) is 13.2. The fourth-order valence-electron chi connectivity index (χ4n) is 7.56. The van der Waals surface area contributed by atoms with Gasteiger partial charge in [0.25, 0.3) is 0 Å². The minimum absolute atomic E-state index is 0.00526. The van der Waals surface area contributed by atoms with E-state index in [0.717, 1.165) is 35.8 Å². The number of benzene rings is 1. The quantitative estimate of drug-likeness (QED) is 0.133. The molecule has 3 saturated carbocycles. The van der Waals surface area contributed by atoms with E-state index in [9.17, 15) is 4.79 Å². The van der Waals surface area contributed by atoms with Gasteiger partial charge in [-0.25, -0.2) is 0 Å². The first-order valence-corrected chi connectivity index (χ1v) is 15.2. The first-order valence-electron chi connectivity index (χ1n) is 15.2. The molecule has 3 fully saturated rings. The molecular formula is C33H50O3. The highest BCUT2D eigenvalue weighted by atomic mass is 16.5. The van der Waals surface area contributed by atoms with Gasteiger partial charge in [-0.05, 0) is 99.3 Å². The third-order valence-electron chi connectivity index (χ3n) is 9.64. The molecule has 200 valence electrons. The number of carbonyl (C=O) groups excluding carboxylic acids is 1. The lowest BCUT2D eigenvalue weighted by atomic mass is 9.59. The molecule has 0 radical (unpaired) electrons. The van der Waals surface area contributed by atoms with E-state index in [4.69, 9.17) is 9.47 Å². The van der Waals surface area contributed by atoms with Gasteiger partial charge in [0.2, 0.25) is 0 Å². The van der Waals surface area contributed by atoms with Crippen molar-refractivity contribution in [2.75, 3.05) is 6.61 Å². The lowest BCUT2D eigenvalue weighted by Crippen LogP contribution is -2.40. The Kier molecular flexibility index (Phi) is 10.8. The van der Waals surface area contributed by atoms with Crippen molar-refractivity contribution in [1.82, 2.24) is 0 Å².